The quantitative estimate of drug-likeness (QED) is 0.517. The molecule has 1 aliphatic heterocycles. The smallest absolute Gasteiger partial charge is 0.269 e. The van der Waals surface area contributed by atoms with Crippen molar-refractivity contribution >= 4 is 29.1 Å². The Balaban J connectivity index is 1.77. The van der Waals surface area contributed by atoms with E-state index in [0.717, 1.165) is 5.56 Å². The molecule has 0 unspecified atom stereocenters. The summed E-state index contributed by atoms with van der Waals surface area (Å²) in [6, 6.07) is 15.4. The standard InChI is InChI=1S/C16H14ClN3O2/c17-13-14(10-4-2-1-3-5-10)20(16(13)22)19-15(21)11-6-8-12(18)9-7-11/h1-9,13-14H,18H2,(H,19,21)/t13-,14+/m1/s1. The molecule has 0 aromatic heterocycles. The fraction of sp³-hybridized carbons (Fsp3) is 0.125. The Morgan fingerprint density at radius 3 is 2.36 bits per heavy atom. The van der Waals surface area contributed by atoms with E-state index in [1.54, 1.807) is 24.3 Å². The highest BCUT2D eigenvalue weighted by molar-refractivity contribution is 6.33. The van der Waals surface area contributed by atoms with Crippen LogP contribution < -0.4 is 11.2 Å². The van der Waals surface area contributed by atoms with E-state index >= 15 is 0 Å². The van der Waals surface area contributed by atoms with Gasteiger partial charge in [-0.1, -0.05) is 30.3 Å². The van der Waals surface area contributed by atoms with E-state index < -0.39 is 5.38 Å². The number of nitrogens with one attached hydrogen (secondary N) is 1. The molecule has 1 saturated heterocycles. The summed E-state index contributed by atoms with van der Waals surface area (Å²) in [5.74, 6) is -0.697. The monoisotopic (exact) mass is 315 g/mol. The molecule has 1 fully saturated rings. The van der Waals surface area contributed by atoms with Crippen LogP contribution in [0.15, 0.2) is 54.6 Å². The van der Waals surface area contributed by atoms with E-state index in [9.17, 15) is 9.59 Å². The highest BCUT2D eigenvalue weighted by Crippen LogP contribution is 2.36. The Kier molecular flexibility index (Phi) is 3.73. The Labute approximate surface area is 132 Å². The normalized spacial score (nSPS) is 20.4. The largest absolute Gasteiger partial charge is 0.399 e. The fourth-order valence-corrected chi connectivity index (χ4v) is 2.72. The van der Waals surface area contributed by atoms with Crippen molar-refractivity contribution in [2.45, 2.75) is 11.4 Å². The zero-order valence-electron chi connectivity index (χ0n) is 11.6. The lowest BCUT2D eigenvalue weighted by Crippen LogP contribution is -2.63. The maximum Gasteiger partial charge on any atom is 0.269 e. The summed E-state index contributed by atoms with van der Waals surface area (Å²) in [5, 5.41) is 0.597. The van der Waals surface area contributed by atoms with Gasteiger partial charge in [0.15, 0.2) is 0 Å². The van der Waals surface area contributed by atoms with Gasteiger partial charge in [0.2, 0.25) is 0 Å². The second kappa shape index (κ2) is 5.69. The Bertz CT molecular complexity index is 703. The molecule has 2 aromatic rings. The van der Waals surface area contributed by atoms with Crippen molar-refractivity contribution in [3.63, 3.8) is 0 Å². The van der Waals surface area contributed by atoms with Gasteiger partial charge in [0.1, 0.15) is 11.4 Å². The fourth-order valence-electron chi connectivity index (χ4n) is 2.36. The number of rotatable bonds is 3. The molecule has 0 aliphatic carbocycles. The van der Waals surface area contributed by atoms with Crippen molar-refractivity contribution in [3.05, 3.63) is 65.7 Å². The number of hydrogen-bond acceptors (Lipinski definition) is 3. The molecule has 22 heavy (non-hydrogen) atoms. The molecule has 3 N–H and O–H groups in total. The van der Waals surface area contributed by atoms with Crippen molar-refractivity contribution in [1.29, 1.82) is 0 Å². The van der Waals surface area contributed by atoms with Crippen LogP contribution >= 0.6 is 11.6 Å². The number of nitrogens with zero attached hydrogens (tertiary/aromatic N) is 1. The molecule has 0 radical (unpaired) electrons. The predicted octanol–water partition coefficient (Wildman–Crippen LogP) is 2.10. The first-order chi connectivity index (χ1) is 10.6. The van der Waals surface area contributed by atoms with Gasteiger partial charge in [-0.2, -0.15) is 0 Å². The van der Waals surface area contributed by atoms with Crippen LogP contribution in [0, 0.1) is 0 Å². The molecule has 0 spiro atoms. The first-order valence-electron chi connectivity index (χ1n) is 6.76. The van der Waals surface area contributed by atoms with Gasteiger partial charge in [0.25, 0.3) is 11.8 Å². The molecule has 3 rings (SSSR count). The van der Waals surface area contributed by atoms with Gasteiger partial charge in [0.05, 0.1) is 0 Å². The molecule has 2 aromatic carbocycles. The highest BCUT2D eigenvalue weighted by atomic mass is 35.5. The summed E-state index contributed by atoms with van der Waals surface area (Å²) in [5.41, 5.74) is 10.1. The average Bonchev–Trinajstić information content (AvgIpc) is 2.55. The summed E-state index contributed by atoms with van der Waals surface area (Å²) in [7, 11) is 0. The van der Waals surface area contributed by atoms with Crippen molar-refractivity contribution in [3.8, 4) is 0 Å². The maximum atomic E-state index is 12.2. The Morgan fingerprint density at radius 2 is 1.73 bits per heavy atom. The molecular formula is C16H14ClN3O2. The number of amides is 2. The number of hydrazine groups is 1. The number of halogens is 1. The molecule has 2 amide bonds. The molecule has 0 saturated carbocycles. The Morgan fingerprint density at radius 1 is 1.09 bits per heavy atom. The van der Waals surface area contributed by atoms with Crippen molar-refractivity contribution in [2.75, 3.05) is 5.73 Å². The minimum absolute atomic E-state index is 0.320. The van der Waals surface area contributed by atoms with Gasteiger partial charge < -0.3 is 5.73 Å². The molecule has 6 heteroatoms. The van der Waals surface area contributed by atoms with E-state index in [0.29, 0.717) is 11.3 Å². The van der Waals surface area contributed by atoms with Gasteiger partial charge in [0, 0.05) is 11.3 Å². The lowest BCUT2D eigenvalue weighted by molar-refractivity contribution is -0.149. The molecular weight excluding hydrogens is 302 g/mol. The van der Waals surface area contributed by atoms with Crippen LogP contribution in [0.5, 0.6) is 0 Å². The van der Waals surface area contributed by atoms with Gasteiger partial charge in [-0.05, 0) is 29.8 Å². The van der Waals surface area contributed by atoms with E-state index in [4.69, 9.17) is 17.3 Å². The summed E-state index contributed by atoms with van der Waals surface area (Å²) < 4.78 is 0. The summed E-state index contributed by atoms with van der Waals surface area (Å²) in [6.45, 7) is 0. The maximum absolute atomic E-state index is 12.2. The molecule has 0 bridgehead atoms. The number of alkyl halides is 1. The zero-order chi connectivity index (χ0) is 15.7. The topological polar surface area (TPSA) is 75.4 Å². The van der Waals surface area contributed by atoms with Crippen molar-refractivity contribution in [1.82, 2.24) is 10.4 Å². The van der Waals surface area contributed by atoms with Gasteiger partial charge in [-0.15, -0.1) is 11.6 Å². The van der Waals surface area contributed by atoms with Crippen LogP contribution in [0.4, 0.5) is 5.69 Å². The van der Waals surface area contributed by atoms with E-state index in [2.05, 4.69) is 5.43 Å². The molecule has 5 nitrogen and oxygen atoms in total. The third kappa shape index (κ3) is 2.51. The first kappa shape index (κ1) is 14.4. The number of carbonyl (C=O) groups is 2. The second-order valence-corrected chi connectivity index (χ2v) is 5.50. The third-order valence-electron chi connectivity index (χ3n) is 3.56. The summed E-state index contributed by atoms with van der Waals surface area (Å²) in [6.07, 6.45) is 0. The third-order valence-corrected chi connectivity index (χ3v) is 3.99. The molecule has 1 heterocycles. The predicted molar refractivity (Wildman–Crippen MR) is 84.0 cm³/mol. The van der Waals surface area contributed by atoms with Crippen LogP contribution in [0.1, 0.15) is 22.0 Å². The average molecular weight is 316 g/mol. The van der Waals surface area contributed by atoms with E-state index in [1.165, 1.54) is 5.01 Å². The first-order valence-corrected chi connectivity index (χ1v) is 7.20. The van der Waals surface area contributed by atoms with Crippen LogP contribution in [-0.4, -0.2) is 22.2 Å². The van der Waals surface area contributed by atoms with Crippen molar-refractivity contribution < 1.29 is 9.59 Å². The number of hydrogen-bond donors (Lipinski definition) is 2. The van der Waals surface area contributed by atoms with Crippen molar-refractivity contribution in [2.24, 2.45) is 0 Å². The summed E-state index contributed by atoms with van der Waals surface area (Å²) in [4.78, 5) is 24.1. The number of benzene rings is 2. The lowest BCUT2D eigenvalue weighted by Gasteiger charge is -2.43. The number of β-lactam (4-membered cyclic amide) rings is 1. The molecule has 2 atom stereocenters. The number of nitrogen functional groups attached to an aromatic ring is 1. The summed E-state index contributed by atoms with van der Waals surface area (Å²) >= 11 is 6.09. The lowest BCUT2D eigenvalue weighted by atomic mass is 9.95. The SMILES string of the molecule is Nc1ccc(C(=O)NN2C(=O)[C@H](Cl)[C@@H]2c2ccccc2)cc1. The van der Waals surface area contributed by atoms with Gasteiger partial charge in [-0.25, -0.2) is 5.01 Å². The minimum Gasteiger partial charge on any atom is -0.399 e. The van der Waals surface area contributed by atoms with E-state index in [1.807, 2.05) is 30.3 Å². The number of carbonyl (C=O) groups excluding carboxylic acids is 2. The second-order valence-electron chi connectivity index (χ2n) is 5.03. The van der Waals surface area contributed by atoms with Crippen LogP contribution in [0.25, 0.3) is 0 Å². The highest BCUT2D eigenvalue weighted by Gasteiger charge is 2.48. The van der Waals surface area contributed by atoms with Gasteiger partial charge >= 0.3 is 0 Å². The minimum atomic E-state index is -0.672. The van der Waals surface area contributed by atoms with Crippen LogP contribution in [-0.2, 0) is 4.79 Å². The number of anilines is 1. The van der Waals surface area contributed by atoms with Gasteiger partial charge in [-0.3, -0.25) is 15.0 Å². The Hall–Kier alpha value is -2.53. The zero-order valence-corrected chi connectivity index (χ0v) is 12.3. The van der Waals surface area contributed by atoms with Crippen LogP contribution in [0.2, 0.25) is 0 Å². The number of nitrogens with two attached hydrogens (primary N) is 1. The van der Waals surface area contributed by atoms with E-state index in [-0.39, 0.29) is 17.9 Å². The molecule has 112 valence electrons. The van der Waals surface area contributed by atoms with Crippen LogP contribution in [0.3, 0.4) is 0 Å². The molecule has 1 aliphatic rings.